The van der Waals surface area contributed by atoms with Crippen molar-refractivity contribution < 1.29 is 4.79 Å². The lowest BCUT2D eigenvalue weighted by Crippen LogP contribution is -2.52. The Bertz CT molecular complexity index is 1090. The van der Waals surface area contributed by atoms with Crippen molar-refractivity contribution in [2.45, 2.75) is 57.5 Å². The van der Waals surface area contributed by atoms with Crippen molar-refractivity contribution in [1.82, 2.24) is 25.1 Å². The normalized spacial score (nSPS) is 21.6. The lowest BCUT2D eigenvalue weighted by molar-refractivity contribution is 0.0982. The molecule has 0 radical (unpaired) electrons. The van der Waals surface area contributed by atoms with Crippen LogP contribution in [-0.2, 0) is 6.42 Å². The number of anilines is 4. The summed E-state index contributed by atoms with van der Waals surface area (Å²) in [6.07, 6.45) is 6.68. The van der Waals surface area contributed by atoms with Crippen LogP contribution in [-0.4, -0.2) is 97.2 Å². The maximum Gasteiger partial charge on any atom is 0.271 e. The lowest BCUT2D eigenvalue weighted by Gasteiger charge is -2.42. The Morgan fingerprint density at radius 1 is 1.00 bits per heavy atom. The molecule has 10 nitrogen and oxygen atoms in total. The number of rotatable bonds is 9. The second kappa shape index (κ2) is 12.9. The minimum Gasteiger partial charge on any atom is -0.371 e. The number of hydrogen-bond donors (Lipinski definition) is 4. The largest absolute Gasteiger partial charge is 0.371 e. The molecule has 212 valence electrons. The van der Waals surface area contributed by atoms with E-state index >= 15 is 0 Å². The van der Waals surface area contributed by atoms with E-state index < -0.39 is 5.91 Å². The number of aryl methyl sites for hydroxylation is 1. The van der Waals surface area contributed by atoms with Crippen molar-refractivity contribution >= 4 is 28.9 Å². The van der Waals surface area contributed by atoms with Gasteiger partial charge in [0.2, 0.25) is 0 Å². The van der Waals surface area contributed by atoms with E-state index in [9.17, 15) is 4.79 Å². The Hall–Kier alpha value is -2.95. The SMILES string of the molecule is CCc1nc(C(N)=O)c(Nc2ccc(N3CCC(N4CCN(C)CC4)CC3)cc2)nc1NC[C@H]1CCCCN1. The molecule has 39 heavy (non-hydrogen) atoms. The summed E-state index contributed by atoms with van der Waals surface area (Å²) in [5, 5.41) is 10.3. The first kappa shape index (κ1) is 27.6. The Labute approximate surface area is 232 Å². The molecule has 0 spiro atoms. The molecule has 5 N–H and O–H groups in total. The third kappa shape index (κ3) is 6.98. The molecular weight excluding hydrogens is 490 g/mol. The van der Waals surface area contributed by atoms with Crippen molar-refractivity contribution in [1.29, 1.82) is 0 Å². The Morgan fingerprint density at radius 2 is 1.74 bits per heavy atom. The third-order valence-electron chi connectivity index (χ3n) is 8.48. The Balaban J connectivity index is 1.22. The number of piperazine rings is 1. The molecule has 0 saturated carbocycles. The highest BCUT2D eigenvalue weighted by molar-refractivity contribution is 5.96. The molecule has 3 fully saturated rings. The third-order valence-corrected chi connectivity index (χ3v) is 8.48. The number of carbonyl (C=O) groups is 1. The first-order chi connectivity index (χ1) is 19.0. The molecule has 4 heterocycles. The van der Waals surface area contributed by atoms with Gasteiger partial charge in [-0.25, -0.2) is 9.97 Å². The summed E-state index contributed by atoms with van der Waals surface area (Å²) in [4.78, 5) is 29.2. The summed E-state index contributed by atoms with van der Waals surface area (Å²) in [6, 6.07) is 9.48. The Kier molecular flexibility index (Phi) is 9.16. The molecule has 10 heteroatoms. The molecule has 3 saturated heterocycles. The van der Waals surface area contributed by atoms with Gasteiger partial charge in [0.15, 0.2) is 11.5 Å². The number of benzene rings is 1. The van der Waals surface area contributed by atoms with Gasteiger partial charge in [0.05, 0.1) is 5.69 Å². The lowest BCUT2D eigenvalue weighted by atomic mass is 10.0. The number of aromatic nitrogens is 2. The van der Waals surface area contributed by atoms with Crippen molar-refractivity contribution in [3.63, 3.8) is 0 Å². The number of nitrogens with one attached hydrogen (secondary N) is 3. The number of carbonyl (C=O) groups excluding carboxylic acids is 1. The van der Waals surface area contributed by atoms with E-state index in [4.69, 9.17) is 10.7 Å². The fourth-order valence-electron chi connectivity index (χ4n) is 6.00. The van der Waals surface area contributed by atoms with Crippen LogP contribution in [0.2, 0.25) is 0 Å². The van der Waals surface area contributed by atoms with Crippen LogP contribution < -0.4 is 26.6 Å². The van der Waals surface area contributed by atoms with Gasteiger partial charge >= 0.3 is 0 Å². The van der Waals surface area contributed by atoms with Crippen molar-refractivity contribution in [2.75, 3.05) is 74.9 Å². The maximum atomic E-state index is 12.3. The van der Waals surface area contributed by atoms with Gasteiger partial charge in [0, 0.05) is 69.3 Å². The first-order valence-electron chi connectivity index (χ1n) is 14.7. The van der Waals surface area contributed by atoms with Gasteiger partial charge in [0.1, 0.15) is 5.82 Å². The summed E-state index contributed by atoms with van der Waals surface area (Å²) in [5.41, 5.74) is 8.70. The molecule has 3 aliphatic heterocycles. The topological polar surface area (TPSA) is 115 Å². The highest BCUT2D eigenvalue weighted by atomic mass is 16.1. The van der Waals surface area contributed by atoms with Crippen LogP contribution in [0.5, 0.6) is 0 Å². The van der Waals surface area contributed by atoms with Gasteiger partial charge < -0.3 is 31.5 Å². The van der Waals surface area contributed by atoms with Crippen LogP contribution in [0.1, 0.15) is 55.2 Å². The predicted octanol–water partition coefficient (Wildman–Crippen LogP) is 2.65. The van der Waals surface area contributed by atoms with Crippen LogP contribution >= 0.6 is 0 Å². The van der Waals surface area contributed by atoms with Crippen LogP contribution in [0, 0.1) is 0 Å². The standard InChI is InChI=1S/C29H45N9O/c1-3-25-28(32-20-22-6-4-5-13-31-22)35-29(26(34-25)27(30)39)33-21-7-9-23(10-8-21)37-14-11-24(12-15-37)38-18-16-36(2)17-19-38/h7-10,22,24,31H,3-6,11-20H2,1-2H3,(H2,30,39)(H2,32,33,35)/t22-/m1/s1. The zero-order chi connectivity index (χ0) is 27.2. The molecule has 1 amide bonds. The molecule has 3 aliphatic rings. The molecule has 0 aliphatic carbocycles. The van der Waals surface area contributed by atoms with E-state index in [1.165, 1.54) is 57.5 Å². The number of hydrogen-bond acceptors (Lipinski definition) is 9. The van der Waals surface area contributed by atoms with Gasteiger partial charge in [0.25, 0.3) is 5.91 Å². The van der Waals surface area contributed by atoms with E-state index in [1.54, 1.807) is 0 Å². The highest BCUT2D eigenvalue weighted by Gasteiger charge is 2.27. The number of amides is 1. The van der Waals surface area contributed by atoms with Gasteiger partial charge in [-0.15, -0.1) is 0 Å². The average molecular weight is 536 g/mol. The van der Waals surface area contributed by atoms with Crippen molar-refractivity contribution in [3.05, 3.63) is 35.7 Å². The fraction of sp³-hybridized carbons (Fsp3) is 0.621. The molecular formula is C29H45N9O. The van der Waals surface area contributed by atoms with E-state index in [-0.39, 0.29) is 5.69 Å². The number of nitrogens with zero attached hydrogens (tertiary/aromatic N) is 5. The second-order valence-corrected chi connectivity index (χ2v) is 11.2. The summed E-state index contributed by atoms with van der Waals surface area (Å²) in [6.45, 7) is 10.7. The van der Waals surface area contributed by atoms with Gasteiger partial charge in [-0.05, 0) is 70.0 Å². The minimum atomic E-state index is -0.583. The molecule has 0 unspecified atom stereocenters. The molecule has 5 rings (SSSR count). The minimum absolute atomic E-state index is 0.170. The number of primary amides is 1. The summed E-state index contributed by atoms with van der Waals surface area (Å²) >= 11 is 0. The quantitative estimate of drug-likeness (QED) is 0.385. The molecule has 0 bridgehead atoms. The van der Waals surface area contributed by atoms with Crippen molar-refractivity contribution in [3.8, 4) is 0 Å². The molecule has 1 atom stereocenters. The monoisotopic (exact) mass is 535 g/mol. The summed E-state index contributed by atoms with van der Waals surface area (Å²) < 4.78 is 0. The van der Waals surface area contributed by atoms with Gasteiger partial charge in [-0.2, -0.15) is 0 Å². The smallest absolute Gasteiger partial charge is 0.271 e. The highest BCUT2D eigenvalue weighted by Crippen LogP contribution is 2.27. The van der Waals surface area contributed by atoms with Crippen LogP contribution in [0.25, 0.3) is 0 Å². The van der Waals surface area contributed by atoms with Crippen LogP contribution in [0.15, 0.2) is 24.3 Å². The predicted molar refractivity (Wildman–Crippen MR) is 158 cm³/mol. The summed E-state index contributed by atoms with van der Waals surface area (Å²) in [5.74, 6) is 0.511. The van der Waals surface area contributed by atoms with Crippen LogP contribution in [0.4, 0.5) is 23.0 Å². The average Bonchev–Trinajstić information content (AvgIpc) is 2.97. The number of nitrogens with two attached hydrogens (primary N) is 1. The molecule has 1 aromatic heterocycles. The second-order valence-electron chi connectivity index (χ2n) is 11.2. The van der Waals surface area contributed by atoms with E-state index in [2.05, 4.69) is 54.8 Å². The van der Waals surface area contributed by atoms with Gasteiger partial charge in [-0.1, -0.05) is 13.3 Å². The number of likely N-dealkylation sites (N-methyl/N-ethyl adjacent to an activating group) is 1. The zero-order valence-corrected chi connectivity index (χ0v) is 23.6. The van der Waals surface area contributed by atoms with E-state index in [1.807, 2.05) is 19.1 Å². The van der Waals surface area contributed by atoms with E-state index in [0.29, 0.717) is 30.1 Å². The summed E-state index contributed by atoms with van der Waals surface area (Å²) in [7, 11) is 2.21. The van der Waals surface area contributed by atoms with Crippen LogP contribution in [0.3, 0.4) is 0 Å². The molecule has 2 aromatic rings. The Morgan fingerprint density at radius 3 is 2.38 bits per heavy atom. The van der Waals surface area contributed by atoms with Crippen molar-refractivity contribution in [2.24, 2.45) is 5.73 Å². The number of piperidine rings is 2. The van der Waals surface area contributed by atoms with Gasteiger partial charge in [-0.3, -0.25) is 9.69 Å². The first-order valence-corrected chi connectivity index (χ1v) is 14.7. The fourth-order valence-corrected chi connectivity index (χ4v) is 6.00. The zero-order valence-electron chi connectivity index (χ0n) is 23.6. The maximum absolute atomic E-state index is 12.3. The van der Waals surface area contributed by atoms with E-state index in [0.717, 1.165) is 44.0 Å². The molecule has 1 aromatic carbocycles.